The van der Waals surface area contributed by atoms with Crippen molar-refractivity contribution in [2.45, 2.75) is 58.9 Å². The van der Waals surface area contributed by atoms with Crippen LogP contribution in [0.2, 0.25) is 0 Å². The molecule has 1 aliphatic carbocycles. The van der Waals surface area contributed by atoms with E-state index in [0.717, 1.165) is 34.7 Å². The minimum Gasteiger partial charge on any atom is -0.374 e. The molecule has 26 heavy (non-hydrogen) atoms. The highest BCUT2D eigenvalue weighted by atomic mass is 19.1. The fourth-order valence-corrected chi connectivity index (χ4v) is 3.96. The monoisotopic (exact) mass is 361 g/mol. The van der Waals surface area contributed by atoms with Gasteiger partial charge >= 0.3 is 0 Å². The summed E-state index contributed by atoms with van der Waals surface area (Å²) >= 11 is 0. The zero-order chi connectivity index (χ0) is 18.6. The quantitative estimate of drug-likeness (QED) is 0.827. The molecule has 1 aromatic rings. The number of pyridine rings is 1. The number of nitrogens with zero attached hydrogens (tertiary/aromatic N) is 3. The number of halogens is 1. The molecule has 0 spiro atoms. The Morgan fingerprint density at radius 3 is 2.69 bits per heavy atom. The van der Waals surface area contributed by atoms with Crippen LogP contribution >= 0.6 is 0 Å². The first-order chi connectivity index (χ1) is 12.3. The van der Waals surface area contributed by atoms with Crippen molar-refractivity contribution in [2.75, 3.05) is 31.6 Å². The van der Waals surface area contributed by atoms with Gasteiger partial charge in [0, 0.05) is 13.6 Å². The van der Waals surface area contributed by atoms with Crippen LogP contribution in [0.3, 0.4) is 0 Å². The third-order valence-corrected chi connectivity index (χ3v) is 6.28. The van der Waals surface area contributed by atoms with E-state index >= 15 is 0 Å². The topological polar surface area (TPSA) is 45.7 Å². The van der Waals surface area contributed by atoms with E-state index in [-0.39, 0.29) is 17.4 Å². The van der Waals surface area contributed by atoms with Crippen molar-refractivity contribution in [3.63, 3.8) is 0 Å². The summed E-state index contributed by atoms with van der Waals surface area (Å²) in [5.74, 6) is 0.850. The Balaban J connectivity index is 1.50. The second-order valence-corrected chi connectivity index (χ2v) is 8.58. The Morgan fingerprint density at radius 2 is 2.04 bits per heavy atom. The van der Waals surface area contributed by atoms with Crippen molar-refractivity contribution in [3.8, 4) is 0 Å². The molecule has 1 saturated carbocycles. The predicted molar refractivity (Wildman–Crippen MR) is 98.3 cm³/mol. The number of fused-ring (bicyclic) bond motifs is 1. The molecule has 1 aromatic heterocycles. The van der Waals surface area contributed by atoms with Gasteiger partial charge in [-0.15, -0.1) is 0 Å². The third-order valence-electron chi connectivity index (χ3n) is 6.28. The number of anilines is 1. The lowest BCUT2D eigenvalue weighted by Crippen LogP contribution is -2.47. The van der Waals surface area contributed by atoms with E-state index in [1.54, 1.807) is 11.9 Å². The number of piperidine rings is 1. The first-order valence-corrected chi connectivity index (χ1v) is 9.55. The zero-order valence-electron chi connectivity index (χ0n) is 16.1. The summed E-state index contributed by atoms with van der Waals surface area (Å²) in [5.41, 5.74) is 3.76. The smallest absolute Gasteiger partial charge is 0.256 e. The zero-order valence-corrected chi connectivity index (χ0v) is 16.1. The van der Waals surface area contributed by atoms with Crippen molar-refractivity contribution < 1.29 is 13.9 Å². The van der Waals surface area contributed by atoms with Gasteiger partial charge in [-0.25, -0.2) is 9.37 Å². The third kappa shape index (κ3) is 2.98. The van der Waals surface area contributed by atoms with Gasteiger partial charge in [0.05, 0.1) is 37.1 Å². The van der Waals surface area contributed by atoms with Gasteiger partial charge in [0.1, 0.15) is 12.0 Å². The minimum atomic E-state index is -1.01. The predicted octanol–water partition coefficient (Wildman–Crippen LogP) is 3.02. The average molecular weight is 361 g/mol. The molecule has 0 aromatic carbocycles. The molecule has 2 fully saturated rings. The van der Waals surface area contributed by atoms with E-state index in [0.29, 0.717) is 26.1 Å². The highest BCUT2D eigenvalue weighted by Crippen LogP contribution is 2.45. The van der Waals surface area contributed by atoms with Gasteiger partial charge in [0.15, 0.2) is 0 Å². The van der Waals surface area contributed by atoms with E-state index in [9.17, 15) is 9.18 Å². The lowest BCUT2D eigenvalue weighted by Gasteiger charge is -2.36. The van der Waals surface area contributed by atoms with Crippen molar-refractivity contribution in [2.24, 2.45) is 5.41 Å². The van der Waals surface area contributed by atoms with Crippen LogP contribution in [0.25, 0.3) is 0 Å². The summed E-state index contributed by atoms with van der Waals surface area (Å²) in [7, 11) is 1.79. The van der Waals surface area contributed by atoms with Gasteiger partial charge in [-0.05, 0) is 49.7 Å². The molecule has 0 radical (unpaired) electrons. The van der Waals surface area contributed by atoms with Gasteiger partial charge in [-0.1, -0.05) is 6.92 Å². The van der Waals surface area contributed by atoms with Crippen LogP contribution in [0.15, 0.2) is 0 Å². The molecular formula is C20H28FN3O2. The van der Waals surface area contributed by atoms with Gasteiger partial charge in [-0.2, -0.15) is 0 Å². The Kier molecular flexibility index (Phi) is 4.21. The fourth-order valence-electron chi connectivity index (χ4n) is 3.96. The molecule has 1 saturated heterocycles. The van der Waals surface area contributed by atoms with Gasteiger partial charge in [0.25, 0.3) is 5.91 Å². The minimum absolute atomic E-state index is 0.0312. The van der Waals surface area contributed by atoms with Crippen LogP contribution in [-0.4, -0.2) is 54.8 Å². The van der Waals surface area contributed by atoms with Gasteiger partial charge < -0.3 is 14.5 Å². The second-order valence-electron chi connectivity index (χ2n) is 8.58. The van der Waals surface area contributed by atoms with E-state index in [2.05, 4.69) is 6.92 Å². The van der Waals surface area contributed by atoms with Crippen molar-refractivity contribution in [3.05, 3.63) is 22.4 Å². The van der Waals surface area contributed by atoms with Crippen LogP contribution < -0.4 is 4.90 Å². The molecule has 2 atom stereocenters. The SMILES string of the molecule is Cc1c(N2CC[C@@H](OCC3(C)CC3)[C@@H](F)C2)nc2c(c1C)C(=O)N(C)C2. The first-order valence-electron chi connectivity index (χ1n) is 9.55. The molecular weight excluding hydrogens is 333 g/mol. The Morgan fingerprint density at radius 1 is 1.31 bits per heavy atom. The summed E-state index contributed by atoms with van der Waals surface area (Å²) < 4.78 is 20.6. The molecule has 0 unspecified atom stereocenters. The molecule has 5 nitrogen and oxygen atoms in total. The molecule has 142 valence electrons. The molecule has 3 aliphatic rings. The lowest BCUT2D eigenvalue weighted by molar-refractivity contribution is -0.0302. The molecule has 0 N–H and O–H groups in total. The second kappa shape index (κ2) is 6.19. The molecule has 4 rings (SSSR count). The van der Waals surface area contributed by atoms with E-state index < -0.39 is 6.17 Å². The maximum atomic E-state index is 14.8. The van der Waals surface area contributed by atoms with Gasteiger partial charge in [0.2, 0.25) is 0 Å². The first kappa shape index (κ1) is 17.7. The summed E-state index contributed by atoms with van der Waals surface area (Å²) in [6.07, 6.45) is 1.73. The number of amides is 1. The Labute approximate surface area is 154 Å². The Hall–Kier alpha value is -1.69. The maximum Gasteiger partial charge on any atom is 0.256 e. The normalized spacial score (nSPS) is 27.0. The number of carbonyl (C=O) groups is 1. The maximum absolute atomic E-state index is 14.8. The summed E-state index contributed by atoms with van der Waals surface area (Å²) in [6, 6.07) is 0. The number of rotatable bonds is 4. The molecule has 6 heteroatoms. The molecule has 1 amide bonds. The van der Waals surface area contributed by atoms with Crippen LogP contribution in [-0.2, 0) is 11.3 Å². The largest absolute Gasteiger partial charge is 0.374 e. The van der Waals surface area contributed by atoms with E-state index in [4.69, 9.17) is 9.72 Å². The summed E-state index contributed by atoms with van der Waals surface area (Å²) in [4.78, 5) is 20.8. The van der Waals surface area contributed by atoms with E-state index in [1.807, 2.05) is 18.7 Å². The highest BCUT2D eigenvalue weighted by Gasteiger charge is 2.40. The number of alkyl halides is 1. The molecule has 2 aliphatic heterocycles. The van der Waals surface area contributed by atoms with Crippen LogP contribution in [0.5, 0.6) is 0 Å². The lowest BCUT2D eigenvalue weighted by atomic mass is 10.0. The number of carbonyl (C=O) groups excluding carboxylic acids is 1. The summed E-state index contributed by atoms with van der Waals surface area (Å²) in [5, 5.41) is 0. The van der Waals surface area contributed by atoms with Crippen LogP contribution in [0.4, 0.5) is 10.2 Å². The van der Waals surface area contributed by atoms with Crippen molar-refractivity contribution in [1.82, 2.24) is 9.88 Å². The van der Waals surface area contributed by atoms with Crippen LogP contribution in [0, 0.1) is 19.3 Å². The van der Waals surface area contributed by atoms with Gasteiger partial charge in [-0.3, -0.25) is 4.79 Å². The standard InChI is InChI=1S/C20H28FN3O2/c1-12-13(2)18(22-15-10-23(4)19(25)17(12)15)24-8-5-16(14(21)9-24)26-11-20(3)6-7-20/h14,16H,5-11H2,1-4H3/t14-,16+/m0/s1. The number of ether oxygens (including phenoxy) is 1. The van der Waals surface area contributed by atoms with E-state index in [1.165, 1.54) is 12.8 Å². The highest BCUT2D eigenvalue weighted by molar-refractivity contribution is 5.99. The molecule has 3 heterocycles. The van der Waals surface area contributed by atoms with Crippen LogP contribution in [0.1, 0.15) is 53.4 Å². The number of hydrogen-bond acceptors (Lipinski definition) is 4. The molecule has 0 bridgehead atoms. The van der Waals surface area contributed by atoms with Crippen molar-refractivity contribution >= 4 is 11.7 Å². The average Bonchev–Trinajstić information content (AvgIpc) is 3.26. The summed E-state index contributed by atoms with van der Waals surface area (Å²) in [6.45, 7) is 8.38. The fraction of sp³-hybridized carbons (Fsp3) is 0.700. The Bertz CT molecular complexity index is 747. The number of hydrogen-bond donors (Lipinski definition) is 0. The van der Waals surface area contributed by atoms with Crippen molar-refractivity contribution in [1.29, 1.82) is 0 Å². The number of aromatic nitrogens is 1.